The summed E-state index contributed by atoms with van der Waals surface area (Å²) in [7, 11) is 0. The van der Waals surface area contributed by atoms with Gasteiger partial charge in [0.2, 0.25) is 0 Å². The molecule has 19 heavy (non-hydrogen) atoms. The molecule has 0 aromatic heterocycles. The van der Waals surface area contributed by atoms with E-state index in [1.165, 1.54) is 0 Å². The van der Waals surface area contributed by atoms with Gasteiger partial charge >= 0.3 is 0 Å². The molecule has 0 amide bonds. The Hall–Kier alpha value is -1.45. The third kappa shape index (κ3) is 1.85. The van der Waals surface area contributed by atoms with Crippen molar-refractivity contribution >= 4 is 27.3 Å². The molecule has 1 aliphatic rings. The predicted octanol–water partition coefficient (Wildman–Crippen LogP) is 4.18. The van der Waals surface area contributed by atoms with Crippen LogP contribution >= 0.6 is 15.9 Å². The fourth-order valence-corrected chi connectivity index (χ4v) is 3.03. The van der Waals surface area contributed by atoms with E-state index in [0.717, 1.165) is 27.0 Å². The predicted molar refractivity (Wildman–Crippen MR) is 81.0 cm³/mol. The van der Waals surface area contributed by atoms with Crippen molar-refractivity contribution in [3.63, 3.8) is 0 Å². The topological polar surface area (TPSA) is 32.6 Å². The lowest BCUT2D eigenvalue weighted by atomic mass is 9.85. The second kappa shape index (κ2) is 4.58. The Kier molecular flexibility index (Phi) is 3.03. The molecule has 1 unspecified atom stereocenters. The molecular formula is C16H14BrNO. The number of fused-ring (bicyclic) bond motifs is 1. The van der Waals surface area contributed by atoms with E-state index in [-0.39, 0.29) is 0 Å². The van der Waals surface area contributed by atoms with E-state index in [2.05, 4.69) is 20.9 Å². The summed E-state index contributed by atoms with van der Waals surface area (Å²) in [6, 6.07) is 15.7. The van der Waals surface area contributed by atoms with Gasteiger partial charge in [0.15, 0.2) is 0 Å². The number of nitrogens with zero attached hydrogens (tertiary/aromatic N) is 1. The number of hydrogen-bond donors (Lipinski definition) is 1. The number of para-hydroxylation sites is 1. The van der Waals surface area contributed by atoms with Crippen molar-refractivity contribution in [2.75, 3.05) is 0 Å². The molecular weight excluding hydrogens is 302 g/mol. The highest BCUT2D eigenvalue weighted by atomic mass is 79.9. The van der Waals surface area contributed by atoms with Gasteiger partial charge in [-0.1, -0.05) is 59.3 Å². The summed E-state index contributed by atoms with van der Waals surface area (Å²) in [5.41, 5.74) is 2.42. The summed E-state index contributed by atoms with van der Waals surface area (Å²) >= 11 is 3.54. The van der Waals surface area contributed by atoms with E-state index < -0.39 is 5.60 Å². The third-order valence-corrected chi connectivity index (χ3v) is 4.31. The molecule has 2 aromatic rings. The van der Waals surface area contributed by atoms with Crippen molar-refractivity contribution in [2.45, 2.75) is 18.9 Å². The van der Waals surface area contributed by atoms with Gasteiger partial charge in [-0.05, 0) is 18.6 Å². The third-order valence-electron chi connectivity index (χ3n) is 3.61. The van der Waals surface area contributed by atoms with Crippen molar-refractivity contribution < 1.29 is 5.11 Å². The Morgan fingerprint density at radius 1 is 1.11 bits per heavy atom. The first kappa shape index (κ1) is 12.6. The fourth-order valence-electron chi connectivity index (χ4n) is 2.56. The average Bonchev–Trinajstić information content (AvgIpc) is 2.74. The molecule has 1 aliphatic heterocycles. The highest BCUT2D eigenvalue weighted by Crippen LogP contribution is 2.43. The molecule has 0 bridgehead atoms. The highest BCUT2D eigenvalue weighted by Gasteiger charge is 2.41. The minimum Gasteiger partial charge on any atom is -0.379 e. The Balaban J connectivity index is 2.22. The lowest BCUT2D eigenvalue weighted by Crippen LogP contribution is -2.32. The molecule has 1 N–H and O–H groups in total. The highest BCUT2D eigenvalue weighted by molar-refractivity contribution is 9.10. The van der Waals surface area contributed by atoms with Crippen molar-refractivity contribution in [3.8, 4) is 0 Å². The summed E-state index contributed by atoms with van der Waals surface area (Å²) in [5.74, 6) is 0. The van der Waals surface area contributed by atoms with Gasteiger partial charge < -0.3 is 5.11 Å². The summed E-state index contributed by atoms with van der Waals surface area (Å²) < 4.78 is 0.952. The number of benzene rings is 2. The fraction of sp³-hybridized carbons (Fsp3) is 0.188. The molecule has 0 spiro atoms. The zero-order chi connectivity index (χ0) is 13.5. The molecule has 2 nitrogen and oxygen atoms in total. The molecule has 3 rings (SSSR count). The maximum absolute atomic E-state index is 11.0. The lowest BCUT2D eigenvalue weighted by molar-refractivity contribution is 0.111. The first-order chi connectivity index (χ1) is 9.16. The monoisotopic (exact) mass is 315 g/mol. The number of rotatable bonds is 2. The minimum atomic E-state index is -1.000. The van der Waals surface area contributed by atoms with Crippen LogP contribution in [0.15, 0.2) is 58.0 Å². The van der Waals surface area contributed by atoms with Crippen LogP contribution in [0.2, 0.25) is 0 Å². The molecule has 0 saturated carbocycles. The van der Waals surface area contributed by atoms with Gasteiger partial charge in [-0.25, -0.2) is 4.99 Å². The standard InChI is InChI=1S/C16H14BrNO/c1-2-16(19)12-8-4-6-10-14(12)18-15(16)11-7-3-5-9-13(11)17/h3-10,19H,2H2,1H3. The first-order valence-corrected chi connectivity index (χ1v) is 7.12. The molecule has 0 fully saturated rings. The van der Waals surface area contributed by atoms with E-state index in [4.69, 9.17) is 0 Å². The van der Waals surface area contributed by atoms with Crippen LogP contribution in [-0.4, -0.2) is 10.8 Å². The zero-order valence-corrected chi connectivity index (χ0v) is 12.2. The van der Waals surface area contributed by atoms with E-state index >= 15 is 0 Å². The zero-order valence-electron chi connectivity index (χ0n) is 10.6. The minimum absolute atomic E-state index is 0.601. The van der Waals surface area contributed by atoms with Crippen LogP contribution in [0, 0.1) is 0 Å². The van der Waals surface area contributed by atoms with Crippen LogP contribution in [0.3, 0.4) is 0 Å². The normalized spacial score (nSPS) is 21.1. The maximum Gasteiger partial charge on any atom is 0.134 e. The van der Waals surface area contributed by atoms with E-state index in [0.29, 0.717) is 6.42 Å². The number of aliphatic hydroxyl groups is 1. The van der Waals surface area contributed by atoms with Gasteiger partial charge in [-0.15, -0.1) is 0 Å². The number of aliphatic imine (C=N–C) groups is 1. The second-order valence-electron chi connectivity index (χ2n) is 4.67. The summed E-state index contributed by atoms with van der Waals surface area (Å²) in [6.07, 6.45) is 0.601. The van der Waals surface area contributed by atoms with Crippen LogP contribution in [0.25, 0.3) is 0 Å². The summed E-state index contributed by atoms with van der Waals surface area (Å²) in [5, 5.41) is 11.0. The van der Waals surface area contributed by atoms with E-state index in [9.17, 15) is 5.11 Å². The lowest BCUT2D eigenvalue weighted by Gasteiger charge is -2.25. The average molecular weight is 316 g/mol. The van der Waals surface area contributed by atoms with Crippen molar-refractivity contribution in [3.05, 3.63) is 64.1 Å². The second-order valence-corrected chi connectivity index (χ2v) is 5.53. The summed E-state index contributed by atoms with van der Waals surface area (Å²) in [4.78, 5) is 4.64. The van der Waals surface area contributed by atoms with Gasteiger partial charge in [0.1, 0.15) is 5.60 Å². The van der Waals surface area contributed by atoms with Gasteiger partial charge in [0.25, 0.3) is 0 Å². The molecule has 1 atom stereocenters. The van der Waals surface area contributed by atoms with Crippen molar-refractivity contribution in [1.82, 2.24) is 0 Å². The maximum atomic E-state index is 11.0. The van der Waals surface area contributed by atoms with Crippen LogP contribution in [0.1, 0.15) is 24.5 Å². The SMILES string of the molecule is CCC1(O)C(c2ccccc2Br)=Nc2ccccc21. The smallest absolute Gasteiger partial charge is 0.134 e. The Morgan fingerprint density at radius 2 is 1.79 bits per heavy atom. The van der Waals surface area contributed by atoms with Crippen LogP contribution < -0.4 is 0 Å². The van der Waals surface area contributed by atoms with E-state index in [1.807, 2.05) is 55.5 Å². The largest absolute Gasteiger partial charge is 0.379 e. The summed E-state index contributed by atoms with van der Waals surface area (Å²) in [6.45, 7) is 1.98. The molecule has 2 aromatic carbocycles. The Bertz CT molecular complexity index is 665. The molecule has 96 valence electrons. The quantitative estimate of drug-likeness (QED) is 0.886. The van der Waals surface area contributed by atoms with E-state index in [1.54, 1.807) is 0 Å². The van der Waals surface area contributed by atoms with Crippen LogP contribution in [-0.2, 0) is 5.60 Å². The van der Waals surface area contributed by atoms with Crippen molar-refractivity contribution in [2.24, 2.45) is 4.99 Å². The Labute approximate surface area is 120 Å². The molecule has 0 saturated heterocycles. The van der Waals surface area contributed by atoms with Gasteiger partial charge in [0.05, 0.1) is 11.4 Å². The molecule has 1 heterocycles. The van der Waals surface area contributed by atoms with Gasteiger partial charge in [-0.3, -0.25) is 0 Å². The number of hydrogen-bond acceptors (Lipinski definition) is 2. The van der Waals surface area contributed by atoms with Gasteiger partial charge in [-0.2, -0.15) is 0 Å². The molecule has 0 aliphatic carbocycles. The molecule has 0 radical (unpaired) electrons. The van der Waals surface area contributed by atoms with Crippen molar-refractivity contribution in [1.29, 1.82) is 0 Å². The van der Waals surface area contributed by atoms with Gasteiger partial charge in [0, 0.05) is 15.6 Å². The first-order valence-electron chi connectivity index (χ1n) is 6.33. The molecule has 3 heteroatoms. The number of halogens is 1. The van der Waals surface area contributed by atoms with Crippen LogP contribution in [0.5, 0.6) is 0 Å². The Morgan fingerprint density at radius 3 is 2.53 bits per heavy atom. The van der Waals surface area contributed by atoms with Crippen LogP contribution in [0.4, 0.5) is 5.69 Å².